The van der Waals surface area contributed by atoms with Crippen LogP contribution in [-0.4, -0.2) is 34.5 Å². The number of nitrogens with zero attached hydrogens (tertiary/aromatic N) is 4. The molecule has 0 atom stereocenters. The molecule has 0 aromatic carbocycles. The number of methoxy groups -OCH3 is 1. The van der Waals surface area contributed by atoms with Crippen LogP contribution in [0.2, 0.25) is 0 Å². The maximum Gasteiger partial charge on any atom is 0.253 e. The third-order valence-corrected chi connectivity index (χ3v) is 5.54. The summed E-state index contributed by atoms with van der Waals surface area (Å²) in [5, 5.41) is 2.85. The van der Waals surface area contributed by atoms with Gasteiger partial charge in [-0.3, -0.25) is 9.78 Å². The number of aromatic nitrogens is 3. The van der Waals surface area contributed by atoms with Crippen molar-refractivity contribution in [1.29, 1.82) is 0 Å². The number of fused-ring (bicyclic) bond motifs is 2. The molecule has 7 nitrogen and oxygen atoms in total. The molecule has 0 bridgehead atoms. The lowest BCUT2D eigenvalue weighted by Gasteiger charge is -2.31. The number of carbonyl (C=O) groups excluding carboxylic acids is 1. The maximum absolute atomic E-state index is 11.9. The Labute approximate surface area is 168 Å². The first kappa shape index (κ1) is 17.6. The average Bonchev–Trinajstić information content (AvgIpc) is 3.12. The lowest BCUT2D eigenvalue weighted by atomic mass is 10.0. The highest BCUT2D eigenvalue weighted by atomic mass is 16.5. The minimum atomic E-state index is -0.0342. The van der Waals surface area contributed by atoms with Crippen molar-refractivity contribution < 1.29 is 9.53 Å². The van der Waals surface area contributed by atoms with Crippen molar-refractivity contribution in [2.24, 2.45) is 0 Å². The van der Waals surface area contributed by atoms with Crippen LogP contribution < -0.4 is 15.0 Å². The van der Waals surface area contributed by atoms with Crippen molar-refractivity contribution in [2.45, 2.75) is 26.4 Å². The standard InChI is InChI=1S/C22H21N5O2/c1-13-7-17-19(11-25-22(17)28)26-21(13)27-6-5-18-16(12-27)8-15(10-23-18)14-3-4-20(29-2)24-9-14/h3-4,7-10H,5-6,11-12H2,1-2H3,(H,25,28). The van der Waals surface area contributed by atoms with Gasteiger partial charge in [-0.15, -0.1) is 0 Å². The molecule has 1 amide bonds. The van der Waals surface area contributed by atoms with E-state index in [0.29, 0.717) is 18.0 Å². The zero-order valence-electron chi connectivity index (χ0n) is 16.4. The van der Waals surface area contributed by atoms with Gasteiger partial charge in [-0.25, -0.2) is 9.97 Å². The molecule has 3 aromatic heterocycles. The Balaban J connectivity index is 1.45. The van der Waals surface area contributed by atoms with Gasteiger partial charge in [0, 0.05) is 54.8 Å². The fraction of sp³-hybridized carbons (Fsp3) is 0.273. The van der Waals surface area contributed by atoms with Gasteiger partial charge in [-0.05, 0) is 36.2 Å². The Morgan fingerprint density at radius 1 is 1.10 bits per heavy atom. The SMILES string of the molecule is COc1ccc(-c2cnc3c(c2)CN(c2nc4c(cc2C)C(=O)NC4)CC3)cn1. The molecule has 0 unspecified atom stereocenters. The molecule has 0 radical (unpaired) electrons. The van der Waals surface area contributed by atoms with Crippen LogP contribution in [0.3, 0.4) is 0 Å². The van der Waals surface area contributed by atoms with Crippen molar-refractivity contribution in [3.8, 4) is 17.0 Å². The van der Waals surface area contributed by atoms with E-state index in [1.165, 1.54) is 5.56 Å². The monoisotopic (exact) mass is 387 g/mol. The van der Waals surface area contributed by atoms with E-state index >= 15 is 0 Å². The number of pyridine rings is 3. The number of ether oxygens (including phenoxy) is 1. The lowest BCUT2D eigenvalue weighted by Crippen LogP contribution is -2.32. The number of hydrogen-bond acceptors (Lipinski definition) is 6. The molecule has 5 rings (SSSR count). The van der Waals surface area contributed by atoms with E-state index in [9.17, 15) is 4.79 Å². The predicted molar refractivity (Wildman–Crippen MR) is 109 cm³/mol. The Kier molecular flexibility index (Phi) is 4.16. The van der Waals surface area contributed by atoms with Gasteiger partial charge in [0.2, 0.25) is 5.88 Å². The largest absolute Gasteiger partial charge is 0.481 e. The van der Waals surface area contributed by atoms with Crippen LogP contribution in [0.25, 0.3) is 11.1 Å². The molecular formula is C22H21N5O2. The van der Waals surface area contributed by atoms with Gasteiger partial charge in [0.1, 0.15) is 5.82 Å². The van der Waals surface area contributed by atoms with E-state index in [4.69, 9.17) is 14.7 Å². The van der Waals surface area contributed by atoms with Gasteiger partial charge in [0.25, 0.3) is 5.91 Å². The summed E-state index contributed by atoms with van der Waals surface area (Å²) in [4.78, 5) is 28.0. The first-order valence-electron chi connectivity index (χ1n) is 9.64. The molecule has 0 saturated carbocycles. The van der Waals surface area contributed by atoms with Crippen LogP contribution in [0.1, 0.15) is 32.9 Å². The van der Waals surface area contributed by atoms with Gasteiger partial charge >= 0.3 is 0 Å². The molecule has 146 valence electrons. The van der Waals surface area contributed by atoms with Crippen LogP contribution in [0, 0.1) is 6.92 Å². The van der Waals surface area contributed by atoms with E-state index in [1.807, 2.05) is 31.3 Å². The molecule has 0 aliphatic carbocycles. The van der Waals surface area contributed by atoms with Crippen molar-refractivity contribution in [3.63, 3.8) is 0 Å². The number of carbonyl (C=O) groups is 1. The third kappa shape index (κ3) is 3.08. The second kappa shape index (κ2) is 6.84. The quantitative estimate of drug-likeness (QED) is 0.744. The summed E-state index contributed by atoms with van der Waals surface area (Å²) in [5.74, 6) is 1.51. The van der Waals surface area contributed by atoms with Crippen molar-refractivity contribution in [1.82, 2.24) is 20.3 Å². The summed E-state index contributed by atoms with van der Waals surface area (Å²) >= 11 is 0. The molecule has 0 fully saturated rings. The zero-order valence-corrected chi connectivity index (χ0v) is 16.4. The van der Waals surface area contributed by atoms with E-state index in [1.54, 1.807) is 13.3 Å². The first-order chi connectivity index (χ1) is 14.1. The van der Waals surface area contributed by atoms with Gasteiger partial charge in [0.05, 0.1) is 24.9 Å². The van der Waals surface area contributed by atoms with Crippen LogP contribution in [-0.2, 0) is 19.5 Å². The number of aryl methyl sites for hydroxylation is 1. The van der Waals surface area contributed by atoms with E-state index in [2.05, 4.69) is 21.3 Å². The molecular weight excluding hydrogens is 366 g/mol. The van der Waals surface area contributed by atoms with Crippen molar-refractivity contribution in [2.75, 3.05) is 18.6 Å². The Morgan fingerprint density at radius 2 is 1.97 bits per heavy atom. The molecule has 2 aliphatic heterocycles. The molecule has 29 heavy (non-hydrogen) atoms. The summed E-state index contributed by atoms with van der Waals surface area (Å²) in [6.45, 7) is 4.12. The minimum Gasteiger partial charge on any atom is -0.481 e. The fourth-order valence-electron chi connectivity index (χ4n) is 3.99. The number of nitrogens with one attached hydrogen (secondary N) is 1. The Bertz CT molecular complexity index is 1110. The molecule has 3 aromatic rings. The third-order valence-electron chi connectivity index (χ3n) is 5.54. The molecule has 7 heteroatoms. The summed E-state index contributed by atoms with van der Waals surface area (Å²) in [5.41, 5.74) is 6.91. The highest BCUT2D eigenvalue weighted by Crippen LogP contribution is 2.30. The lowest BCUT2D eigenvalue weighted by molar-refractivity contribution is 0.0965. The number of amides is 1. The highest BCUT2D eigenvalue weighted by Gasteiger charge is 2.25. The normalized spacial score (nSPS) is 15.0. The first-order valence-corrected chi connectivity index (χ1v) is 9.64. The summed E-state index contributed by atoms with van der Waals surface area (Å²) in [7, 11) is 1.61. The van der Waals surface area contributed by atoms with Gasteiger partial charge < -0.3 is 15.0 Å². The average molecular weight is 387 g/mol. The molecule has 5 heterocycles. The van der Waals surface area contributed by atoms with E-state index in [-0.39, 0.29) is 5.91 Å². The van der Waals surface area contributed by atoms with Crippen molar-refractivity contribution >= 4 is 11.7 Å². The topological polar surface area (TPSA) is 80.2 Å². The molecule has 2 aliphatic rings. The second-order valence-electron chi connectivity index (χ2n) is 7.40. The van der Waals surface area contributed by atoms with Crippen molar-refractivity contribution in [3.05, 3.63) is 64.7 Å². The second-order valence-corrected chi connectivity index (χ2v) is 7.40. The Morgan fingerprint density at radius 3 is 2.76 bits per heavy atom. The summed E-state index contributed by atoms with van der Waals surface area (Å²) < 4.78 is 5.14. The van der Waals surface area contributed by atoms with Crippen LogP contribution >= 0.6 is 0 Å². The van der Waals surface area contributed by atoms with E-state index < -0.39 is 0 Å². The molecule has 0 saturated heterocycles. The number of rotatable bonds is 3. The number of hydrogen-bond donors (Lipinski definition) is 1. The Hall–Kier alpha value is -3.48. The predicted octanol–water partition coefficient (Wildman–Crippen LogP) is 2.66. The smallest absolute Gasteiger partial charge is 0.253 e. The molecule has 0 spiro atoms. The maximum atomic E-state index is 11.9. The van der Waals surface area contributed by atoms with Gasteiger partial charge in [0.15, 0.2) is 0 Å². The van der Waals surface area contributed by atoms with Gasteiger partial charge in [-0.1, -0.05) is 0 Å². The van der Waals surface area contributed by atoms with Crippen LogP contribution in [0.5, 0.6) is 5.88 Å². The number of anilines is 1. The van der Waals surface area contributed by atoms with Crippen LogP contribution in [0.15, 0.2) is 36.7 Å². The summed E-state index contributed by atoms with van der Waals surface area (Å²) in [6.07, 6.45) is 4.58. The fourth-order valence-corrected chi connectivity index (χ4v) is 3.99. The van der Waals surface area contributed by atoms with E-state index in [0.717, 1.165) is 53.4 Å². The van der Waals surface area contributed by atoms with Crippen LogP contribution in [0.4, 0.5) is 5.82 Å². The zero-order chi connectivity index (χ0) is 20.0. The van der Waals surface area contributed by atoms with Gasteiger partial charge in [-0.2, -0.15) is 0 Å². The minimum absolute atomic E-state index is 0.0342. The molecule has 1 N–H and O–H groups in total. The highest BCUT2D eigenvalue weighted by molar-refractivity contribution is 5.98. The summed E-state index contributed by atoms with van der Waals surface area (Å²) in [6, 6.07) is 7.99.